The number of ether oxygens (including phenoxy) is 1. The standard InChI is InChI=1S/C22H29N3O2/c1-14-10-11-18-16(3)25(23-22(14)18)13-21(26)24-12-6-8-19(24)17-7-5-9-20(27-4)15(17)2/h5,7,9,14,19H,6,8,10-13H2,1-4H3/t14-,19-/m0/s1. The summed E-state index contributed by atoms with van der Waals surface area (Å²) in [7, 11) is 1.70. The summed E-state index contributed by atoms with van der Waals surface area (Å²) >= 11 is 0. The summed E-state index contributed by atoms with van der Waals surface area (Å²) in [4.78, 5) is 15.2. The Morgan fingerprint density at radius 3 is 2.85 bits per heavy atom. The molecule has 1 aliphatic heterocycles. The summed E-state index contributed by atoms with van der Waals surface area (Å²) in [5.41, 5.74) is 6.05. The fourth-order valence-corrected chi connectivity index (χ4v) is 4.78. The van der Waals surface area contributed by atoms with E-state index in [1.807, 2.05) is 21.7 Å². The van der Waals surface area contributed by atoms with Crippen LogP contribution < -0.4 is 4.74 Å². The zero-order valence-electron chi connectivity index (χ0n) is 16.8. The Kier molecular flexibility index (Phi) is 4.70. The van der Waals surface area contributed by atoms with Crippen LogP contribution in [-0.2, 0) is 17.8 Å². The highest BCUT2D eigenvalue weighted by atomic mass is 16.5. The van der Waals surface area contributed by atoms with E-state index in [9.17, 15) is 4.79 Å². The lowest BCUT2D eigenvalue weighted by molar-refractivity contribution is -0.133. The van der Waals surface area contributed by atoms with Crippen LogP contribution in [0.15, 0.2) is 18.2 Å². The highest BCUT2D eigenvalue weighted by molar-refractivity contribution is 5.77. The number of carbonyl (C=O) groups is 1. The average Bonchev–Trinajstić information content (AvgIpc) is 3.35. The van der Waals surface area contributed by atoms with Gasteiger partial charge in [0.2, 0.25) is 5.91 Å². The highest BCUT2D eigenvalue weighted by Gasteiger charge is 2.33. The Bertz CT molecular complexity index is 871. The summed E-state index contributed by atoms with van der Waals surface area (Å²) < 4.78 is 7.41. The molecule has 2 heterocycles. The van der Waals surface area contributed by atoms with Crippen LogP contribution in [-0.4, -0.2) is 34.2 Å². The topological polar surface area (TPSA) is 47.4 Å². The molecule has 27 heavy (non-hydrogen) atoms. The molecule has 0 bridgehead atoms. The molecule has 0 saturated carbocycles. The van der Waals surface area contributed by atoms with Gasteiger partial charge in [-0.2, -0.15) is 5.10 Å². The van der Waals surface area contributed by atoms with Gasteiger partial charge in [0.1, 0.15) is 12.3 Å². The van der Waals surface area contributed by atoms with E-state index in [-0.39, 0.29) is 11.9 Å². The SMILES string of the molecule is COc1cccc([C@@H]2CCCN2C(=O)Cn2nc3c(c2C)CC[C@@H]3C)c1C. The van der Waals surface area contributed by atoms with Gasteiger partial charge < -0.3 is 9.64 Å². The van der Waals surface area contributed by atoms with Gasteiger partial charge in [-0.05, 0) is 62.3 Å². The number of aromatic nitrogens is 2. The molecule has 1 amide bonds. The van der Waals surface area contributed by atoms with E-state index >= 15 is 0 Å². The zero-order chi connectivity index (χ0) is 19.1. The number of fused-ring (bicyclic) bond motifs is 1. The fourth-order valence-electron chi connectivity index (χ4n) is 4.78. The normalized spacial score (nSPS) is 21.6. The summed E-state index contributed by atoms with van der Waals surface area (Å²) in [6, 6.07) is 6.26. The van der Waals surface area contributed by atoms with E-state index in [4.69, 9.17) is 9.84 Å². The van der Waals surface area contributed by atoms with Crippen molar-refractivity contribution in [2.24, 2.45) is 0 Å². The number of likely N-dealkylation sites (tertiary alicyclic amines) is 1. The molecule has 1 aromatic carbocycles. The van der Waals surface area contributed by atoms with Crippen LogP contribution in [0.1, 0.15) is 66.2 Å². The number of hydrogen-bond donors (Lipinski definition) is 0. The van der Waals surface area contributed by atoms with E-state index in [1.165, 1.54) is 23.2 Å². The summed E-state index contributed by atoms with van der Waals surface area (Å²) in [6.07, 6.45) is 4.31. The van der Waals surface area contributed by atoms with Crippen molar-refractivity contribution in [3.8, 4) is 5.75 Å². The maximum Gasteiger partial charge on any atom is 0.244 e. The molecular formula is C22H29N3O2. The first kappa shape index (κ1) is 18.1. The number of rotatable bonds is 4. The van der Waals surface area contributed by atoms with Gasteiger partial charge in [-0.25, -0.2) is 0 Å². The Morgan fingerprint density at radius 2 is 2.11 bits per heavy atom. The number of methoxy groups -OCH3 is 1. The second-order valence-corrected chi connectivity index (χ2v) is 7.97. The highest BCUT2D eigenvalue weighted by Crippen LogP contribution is 2.37. The maximum atomic E-state index is 13.2. The molecule has 2 aliphatic rings. The maximum absolute atomic E-state index is 13.2. The molecule has 0 spiro atoms. The second kappa shape index (κ2) is 7.02. The van der Waals surface area contributed by atoms with Crippen molar-refractivity contribution < 1.29 is 9.53 Å². The number of carbonyl (C=O) groups excluding carboxylic acids is 1. The van der Waals surface area contributed by atoms with Crippen LogP contribution in [0.2, 0.25) is 0 Å². The minimum Gasteiger partial charge on any atom is -0.496 e. The summed E-state index contributed by atoms with van der Waals surface area (Å²) in [5, 5.41) is 4.77. The first-order valence-electron chi connectivity index (χ1n) is 10.0. The van der Waals surface area contributed by atoms with Gasteiger partial charge in [-0.3, -0.25) is 9.48 Å². The van der Waals surface area contributed by atoms with Crippen LogP contribution >= 0.6 is 0 Å². The third-order valence-electron chi connectivity index (χ3n) is 6.42. The van der Waals surface area contributed by atoms with E-state index in [2.05, 4.69) is 26.8 Å². The molecule has 1 fully saturated rings. The van der Waals surface area contributed by atoms with E-state index in [1.54, 1.807) is 7.11 Å². The molecule has 2 aromatic rings. The van der Waals surface area contributed by atoms with Gasteiger partial charge in [0.05, 0.1) is 18.8 Å². The third-order valence-corrected chi connectivity index (χ3v) is 6.42. The van der Waals surface area contributed by atoms with Gasteiger partial charge in [0, 0.05) is 18.2 Å². The molecular weight excluding hydrogens is 338 g/mol. The monoisotopic (exact) mass is 367 g/mol. The first-order valence-corrected chi connectivity index (χ1v) is 10.0. The minimum atomic E-state index is 0.134. The Labute approximate surface area is 161 Å². The smallest absolute Gasteiger partial charge is 0.244 e. The second-order valence-electron chi connectivity index (χ2n) is 7.97. The Hall–Kier alpha value is -2.30. The van der Waals surface area contributed by atoms with Gasteiger partial charge in [-0.15, -0.1) is 0 Å². The predicted molar refractivity (Wildman–Crippen MR) is 105 cm³/mol. The number of nitrogens with zero attached hydrogens (tertiary/aromatic N) is 3. The van der Waals surface area contributed by atoms with E-state index < -0.39 is 0 Å². The van der Waals surface area contributed by atoms with Crippen molar-refractivity contribution >= 4 is 5.91 Å². The molecule has 5 nitrogen and oxygen atoms in total. The molecule has 0 radical (unpaired) electrons. The lowest BCUT2D eigenvalue weighted by Gasteiger charge is -2.27. The molecule has 144 valence electrons. The number of benzene rings is 1. The van der Waals surface area contributed by atoms with Crippen molar-refractivity contribution in [3.05, 3.63) is 46.3 Å². The van der Waals surface area contributed by atoms with E-state index in [0.717, 1.165) is 42.8 Å². The third kappa shape index (κ3) is 3.03. The van der Waals surface area contributed by atoms with Gasteiger partial charge >= 0.3 is 0 Å². The lowest BCUT2D eigenvalue weighted by atomic mass is 9.98. The largest absolute Gasteiger partial charge is 0.496 e. The predicted octanol–water partition coefficient (Wildman–Crippen LogP) is 3.92. The Balaban J connectivity index is 1.56. The van der Waals surface area contributed by atoms with Crippen LogP contribution in [0.4, 0.5) is 0 Å². The summed E-state index contributed by atoms with van der Waals surface area (Å²) in [5.74, 6) is 1.56. The van der Waals surface area contributed by atoms with Crippen molar-refractivity contribution in [1.29, 1.82) is 0 Å². The molecule has 1 saturated heterocycles. The minimum absolute atomic E-state index is 0.134. The van der Waals surface area contributed by atoms with Crippen molar-refractivity contribution in [1.82, 2.24) is 14.7 Å². The van der Waals surface area contributed by atoms with Gasteiger partial charge in [0.25, 0.3) is 0 Å². The van der Waals surface area contributed by atoms with Crippen molar-refractivity contribution in [3.63, 3.8) is 0 Å². The number of hydrogen-bond acceptors (Lipinski definition) is 3. The molecule has 4 rings (SSSR count). The average molecular weight is 367 g/mol. The van der Waals surface area contributed by atoms with Crippen LogP contribution in [0.3, 0.4) is 0 Å². The zero-order valence-corrected chi connectivity index (χ0v) is 16.8. The quantitative estimate of drug-likeness (QED) is 0.823. The Morgan fingerprint density at radius 1 is 1.30 bits per heavy atom. The molecule has 0 N–H and O–H groups in total. The lowest BCUT2D eigenvalue weighted by Crippen LogP contribution is -2.34. The number of amides is 1. The van der Waals surface area contributed by atoms with Crippen LogP contribution in [0.5, 0.6) is 5.75 Å². The van der Waals surface area contributed by atoms with Crippen molar-refractivity contribution in [2.75, 3.05) is 13.7 Å². The molecule has 5 heteroatoms. The molecule has 0 unspecified atom stereocenters. The van der Waals surface area contributed by atoms with Gasteiger partial charge in [0.15, 0.2) is 0 Å². The molecule has 1 aliphatic carbocycles. The fraction of sp³-hybridized carbons (Fsp3) is 0.545. The molecule has 2 atom stereocenters. The van der Waals surface area contributed by atoms with Crippen molar-refractivity contribution in [2.45, 2.75) is 65.0 Å². The molecule has 1 aromatic heterocycles. The summed E-state index contributed by atoms with van der Waals surface area (Å²) in [6.45, 7) is 7.57. The van der Waals surface area contributed by atoms with E-state index in [0.29, 0.717) is 12.5 Å². The van der Waals surface area contributed by atoms with Crippen LogP contribution in [0.25, 0.3) is 0 Å². The first-order chi connectivity index (χ1) is 13.0. The van der Waals surface area contributed by atoms with Gasteiger partial charge in [-0.1, -0.05) is 19.1 Å². The van der Waals surface area contributed by atoms with Crippen LogP contribution in [0, 0.1) is 13.8 Å².